The van der Waals surface area contributed by atoms with Crippen molar-refractivity contribution in [1.82, 2.24) is 4.90 Å². The van der Waals surface area contributed by atoms with E-state index in [0.717, 1.165) is 24.2 Å². The lowest BCUT2D eigenvalue weighted by Crippen LogP contribution is -2.33. The molecule has 0 spiro atoms. The van der Waals surface area contributed by atoms with Crippen LogP contribution < -0.4 is 14.9 Å². The molecule has 1 aliphatic heterocycles. The number of hydrogen-bond acceptors (Lipinski definition) is 6. The fourth-order valence-corrected chi connectivity index (χ4v) is 3.96. The van der Waals surface area contributed by atoms with Crippen LogP contribution in [0.1, 0.15) is 24.0 Å². The van der Waals surface area contributed by atoms with E-state index >= 15 is 0 Å². The van der Waals surface area contributed by atoms with Crippen LogP contribution in [0.3, 0.4) is 0 Å². The van der Waals surface area contributed by atoms with E-state index < -0.39 is 6.10 Å². The van der Waals surface area contributed by atoms with Gasteiger partial charge in [-0.15, -0.1) is 0 Å². The van der Waals surface area contributed by atoms with Gasteiger partial charge in [-0.2, -0.15) is 0 Å². The largest absolute Gasteiger partial charge is 0.491 e. The van der Waals surface area contributed by atoms with Crippen molar-refractivity contribution in [1.29, 1.82) is 0 Å². The molecule has 1 saturated heterocycles. The average molecular weight is 444 g/mol. The van der Waals surface area contributed by atoms with Gasteiger partial charge < -0.3 is 23.9 Å². The standard InChI is InChI=1S/C24H26ClNO5/c1-15-9-19(10-16(2)23(15)25)31-22-14-30-21-11-18(5-6-20(21)24(22)28)29-13-17(27)12-26-7-3-4-8-26/h5-6,9-11,14,17,27H,3-4,7-8,12-13H2,1-2H3/t17-/m0/s1. The predicted molar refractivity (Wildman–Crippen MR) is 121 cm³/mol. The summed E-state index contributed by atoms with van der Waals surface area (Å²) in [5, 5.41) is 11.3. The molecule has 2 heterocycles. The second kappa shape index (κ2) is 9.30. The highest BCUT2D eigenvalue weighted by Crippen LogP contribution is 2.29. The summed E-state index contributed by atoms with van der Waals surface area (Å²) in [5.41, 5.74) is 1.87. The van der Waals surface area contributed by atoms with Crippen LogP contribution in [0.2, 0.25) is 5.02 Å². The molecule has 0 unspecified atom stereocenters. The molecule has 0 aliphatic carbocycles. The van der Waals surface area contributed by atoms with Gasteiger partial charge in [-0.1, -0.05) is 11.6 Å². The molecule has 0 bridgehead atoms. The summed E-state index contributed by atoms with van der Waals surface area (Å²) in [6.07, 6.45) is 3.10. The minimum absolute atomic E-state index is 0.100. The molecular formula is C24H26ClNO5. The lowest BCUT2D eigenvalue weighted by Gasteiger charge is -2.19. The number of rotatable bonds is 7. The third kappa shape index (κ3) is 5.03. The van der Waals surface area contributed by atoms with Gasteiger partial charge in [0.05, 0.1) is 5.39 Å². The number of aryl methyl sites for hydroxylation is 2. The van der Waals surface area contributed by atoms with Crippen LogP contribution in [0.4, 0.5) is 0 Å². The lowest BCUT2D eigenvalue weighted by molar-refractivity contribution is 0.0758. The Bertz CT molecular complexity index is 1110. The quantitative estimate of drug-likeness (QED) is 0.571. The molecule has 7 heteroatoms. The molecular weight excluding hydrogens is 418 g/mol. The number of likely N-dealkylation sites (tertiary alicyclic amines) is 1. The Kier molecular flexibility index (Phi) is 6.51. The van der Waals surface area contributed by atoms with Crippen molar-refractivity contribution in [3.05, 3.63) is 63.0 Å². The second-order valence-corrected chi connectivity index (χ2v) is 8.41. The van der Waals surface area contributed by atoms with Crippen molar-refractivity contribution < 1.29 is 19.0 Å². The molecule has 164 valence electrons. The number of ether oxygens (including phenoxy) is 2. The van der Waals surface area contributed by atoms with Gasteiger partial charge in [0.15, 0.2) is 0 Å². The highest BCUT2D eigenvalue weighted by Gasteiger charge is 2.17. The molecule has 1 N–H and O–H groups in total. The minimum atomic E-state index is -0.567. The van der Waals surface area contributed by atoms with E-state index in [2.05, 4.69) is 4.90 Å². The zero-order valence-electron chi connectivity index (χ0n) is 17.7. The third-order valence-electron chi connectivity index (χ3n) is 5.46. The Hall–Kier alpha value is -2.54. The first-order valence-corrected chi connectivity index (χ1v) is 10.8. The Morgan fingerprint density at radius 2 is 1.84 bits per heavy atom. The lowest BCUT2D eigenvalue weighted by atomic mass is 10.1. The summed E-state index contributed by atoms with van der Waals surface area (Å²) in [6, 6.07) is 8.56. The zero-order valence-corrected chi connectivity index (χ0v) is 18.4. The maximum Gasteiger partial charge on any atom is 0.235 e. The van der Waals surface area contributed by atoms with Gasteiger partial charge in [-0.3, -0.25) is 4.79 Å². The van der Waals surface area contributed by atoms with E-state index in [-0.39, 0.29) is 17.8 Å². The molecule has 1 atom stereocenters. The van der Waals surface area contributed by atoms with Gasteiger partial charge >= 0.3 is 0 Å². The topological polar surface area (TPSA) is 72.1 Å². The van der Waals surface area contributed by atoms with Crippen molar-refractivity contribution >= 4 is 22.6 Å². The molecule has 0 amide bonds. The molecule has 0 saturated carbocycles. The van der Waals surface area contributed by atoms with Crippen LogP contribution in [0, 0.1) is 13.8 Å². The number of benzene rings is 2. The van der Waals surface area contributed by atoms with Crippen LogP contribution in [0.25, 0.3) is 11.0 Å². The van der Waals surface area contributed by atoms with Crippen molar-refractivity contribution in [2.24, 2.45) is 0 Å². The van der Waals surface area contributed by atoms with Gasteiger partial charge in [-0.25, -0.2) is 0 Å². The normalized spacial score (nSPS) is 15.4. The van der Waals surface area contributed by atoms with E-state index in [1.807, 2.05) is 13.8 Å². The van der Waals surface area contributed by atoms with Crippen LogP contribution in [0.5, 0.6) is 17.2 Å². The molecule has 1 aliphatic rings. The number of aliphatic hydroxyl groups excluding tert-OH is 1. The van der Waals surface area contributed by atoms with Crippen molar-refractivity contribution in [2.75, 3.05) is 26.2 Å². The number of hydrogen-bond donors (Lipinski definition) is 1. The summed E-state index contributed by atoms with van der Waals surface area (Å²) in [5.74, 6) is 1.16. The molecule has 2 aromatic carbocycles. The smallest absolute Gasteiger partial charge is 0.235 e. The first-order chi connectivity index (χ1) is 14.9. The SMILES string of the molecule is Cc1cc(Oc2coc3cc(OC[C@@H](O)CN4CCCC4)ccc3c2=O)cc(C)c1Cl. The van der Waals surface area contributed by atoms with E-state index in [1.54, 1.807) is 30.3 Å². The third-order valence-corrected chi connectivity index (χ3v) is 6.06. The van der Waals surface area contributed by atoms with Gasteiger partial charge in [0.2, 0.25) is 11.2 Å². The fraction of sp³-hybridized carbons (Fsp3) is 0.375. The van der Waals surface area contributed by atoms with Crippen molar-refractivity contribution in [3.8, 4) is 17.2 Å². The number of fused-ring (bicyclic) bond motifs is 1. The van der Waals surface area contributed by atoms with Gasteiger partial charge in [0.1, 0.15) is 36.1 Å². The first-order valence-electron chi connectivity index (χ1n) is 10.4. The molecule has 4 rings (SSSR count). The molecule has 0 radical (unpaired) electrons. The van der Waals surface area contributed by atoms with E-state index in [9.17, 15) is 9.90 Å². The van der Waals surface area contributed by atoms with Crippen molar-refractivity contribution in [2.45, 2.75) is 32.8 Å². The molecule has 31 heavy (non-hydrogen) atoms. The van der Waals surface area contributed by atoms with Gasteiger partial charge in [0.25, 0.3) is 0 Å². The summed E-state index contributed by atoms with van der Waals surface area (Å²) < 4.78 is 17.1. The fourth-order valence-electron chi connectivity index (χ4n) is 3.85. The zero-order chi connectivity index (χ0) is 22.0. The number of halogens is 1. The van der Waals surface area contributed by atoms with E-state index in [0.29, 0.717) is 34.0 Å². The maximum atomic E-state index is 12.8. The molecule has 3 aromatic rings. The predicted octanol–water partition coefficient (Wildman–Crippen LogP) is 4.69. The molecule has 6 nitrogen and oxygen atoms in total. The minimum Gasteiger partial charge on any atom is -0.491 e. The summed E-state index contributed by atoms with van der Waals surface area (Å²) in [7, 11) is 0. The number of nitrogens with zero attached hydrogens (tertiary/aromatic N) is 1. The average Bonchev–Trinajstić information content (AvgIpc) is 3.25. The Morgan fingerprint density at radius 3 is 2.55 bits per heavy atom. The van der Waals surface area contributed by atoms with Gasteiger partial charge in [0, 0.05) is 17.6 Å². The Balaban J connectivity index is 1.47. The number of β-amino-alcohol motifs (C(OH)–C–C–N with tert-alkyl or cyclic N) is 1. The monoisotopic (exact) mass is 443 g/mol. The summed E-state index contributed by atoms with van der Waals surface area (Å²) in [6.45, 7) is 6.61. The van der Waals surface area contributed by atoms with E-state index in [4.69, 9.17) is 25.5 Å². The Labute approximate surface area is 185 Å². The van der Waals surface area contributed by atoms with Crippen LogP contribution in [-0.4, -0.2) is 42.4 Å². The van der Waals surface area contributed by atoms with Crippen LogP contribution in [0.15, 0.2) is 45.8 Å². The van der Waals surface area contributed by atoms with Crippen LogP contribution >= 0.6 is 11.6 Å². The maximum absolute atomic E-state index is 12.8. The van der Waals surface area contributed by atoms with Crippen LogP contribution in [-0.2, 0) is 0 Å². The van der Waals surface area contributed by atoms with Crippen molar-refractivity contribution in [3.63, 3.8) is 0 Å². The highest BCUT2D eigenvalue weighted by molar-refractivity contribution is 6.32. The van der Waals surface area contributed by atoms with Gasteiger partial charge in [-0.05, 0) is 75.2 Å². The summed E-state index contributed by atoms with van der Waals surface area (Å²) >= 11 is 6.20. The Morgan fingerprint density at radius 1 is 1.13 bits per heavy atom. The highest BCUT2D eigenvalue weighted by atomic mass is 35.5. The first kappa shape index (κ1) is 21.7. The molecule has 1 fully saturated rings. The summed E-state index contributed by atoms with van der Waals surface area (Å²) in [4.78, 5) is 15.1. The molecule has 1 aromatic heterocycles. The second-order valence-electron chi connectivity index (χ2n) is 8.03. The number of aliphatic hydroxyl groups is 1. The van der Waals surface area contributed by atoms with E-state index in [1.165, 1.54) is 19.1 Å².